The second kappa shape index (κ2) is 7.19. The van der Waals surface area contributed by atoms with Gasteiger partial charge in [0.25, 0.3) is 0 Å². The summed E-state index contributed by atoms with van der Waals surface area (Å²) in [5.74, 6) is -0.0312. The van der Waals surface area contributed by atoms with E-state index < -0.39 is 0 Å². The maximum absolute atomic E-state index is 12.9. The fraction of sp³-hybridized carbons (Fsp3) is 0.550. The van der Waals surface area contributed by atoms with Crippen LogP contribution in [0, 0.1) is 5.92 Å². The molecule has 0 spiro atoms. The molecule has 8 heteroatoms. The summed E-state index contributed by atoms with van der Waals surface area (Å²) in [6, 6.07) is 5.74. The molecule has 4 rings (SSSR count). The minimum absolute atomic E-state index is 0.0811. The van der Waals surface area contributed by atoms with Crippen LogP contribution in [0.2, 0.25) is 5.02 Å². The standard InChI is InChI=1S/C20H25ClN4O2S/c1-20(2,3)25-12-13(10-17(25)26)18(27)23-6-8-24(9-7-23)19-22-15-5-4-14(21)11-16(15)28-19/h4-5,11,13H,6-10,12H2,1-3H3. The van der Waals surface area contributed by atoms with E-state index in [-0.39, 0.29) is 23.3 Å². The molecule has 1 aromatic heterocycles. The molecular weight excluding hydrogens is 396 g/mol. The molecule has 0 bridgehead atoms. The Hall–Kier alpha value is -1.86. The van der Waals surface area contributed by atoms with E-state index in [4.69, 9.17) is 16.6 Å². The predicted octanol–water partition coefficient (Wildman–Crippen LogP) is 3.25. The Bertz CT molecular complexity index is 915. The van der Waals surface area contributed by atoms with Crippen LogP contribution < -0.4 is 4.90 Å². The van der Waals surface area contributed by atoms with Crippen LogP contribution in [0.15, 0.2) is 18.2 Å². The van der Waals surface area contributed by atoms with Crippen molar-refractivity contribution in [2.75, 3.05) is 37.6 Å². The zero-order chi connectivity index (χ0) is 20.1. The van der Waals surface area contributed by atoms with E-state index in [1.54, 1.807) is 11.3 Å². The molecule has 28 heavy (non-hydrogen) atoms. The van der Waals surface area contributed by atoms with Crippen LogP contribution in [0.5, 0.6) is 0 Å². The summed E-state index contributed by atoms with van der Waals surface area (Å²) < 4.78 is 1.08. The number of fused-ring (bicyclic) bond motifs is 1. The Morgan fingerprint density at radius 1 is 1.21 bits per heavy atom. The first-order valence-corrected chi connectivity index (χ1v) is 10.8. The average molecular weight is 421 g/mol. The van der Waals surface area contributed by atoms with E-state index in [0.29, 0.717) is 31.1 Å². The molecular formula is C20H25ClN4O2S. The molecule has 1 unspecified atom stereocenters. The van der Waals surface area contributed by atoms with Crippen molar-refractivity contribution in [1.29, 1.82) is 0 Å². The SMILES string of the molecule is CC(C)(C)N1CC(C(=O)N2CCN(c3nc4ccc(Cl)cc4s3)CC2)CC1=O. The van der Waals surface area contributed by atoms with E-state index >= 15 is 0 Å². The van der Waals surface area contributed by atoms with E-state index in [1.165, 1.54) is 0 Å². The molecule has 2 aliphatic rings. The maximum atomic E-state index is 12.9. The van der Waals surface area contributed by atoms with E-state index in [2.05, 4.69) is 4.90 Å². The Labute approximate surface area is 174 Å². The van der Waals surface area contributed by atoms with Gasteiger partial charge in [-0.15, -0.1) is 0 Å². The van der Waals surface area contributed by atoms with Gasteiger partial charge in [-0.25, -0.2) is 4.98 Å². The first kappa shape index (κ1) is 19.5. The number of aromatic nitrogens is 1. The molecule has 0 radical (unpaired) electrons. The number of piperazine rings is 1. The first-order chi connectivity index (χ1) is 13.2. The molecule has 0 saturated carbocycles. The number of halogens is 1. The lowest BCUT2D eigenvalue weighted by Crippen LogP contribution is -2.51. The number of carbonyl (C=O) groups excluding carboxylic acids is 2. The molecule has 3 heterocycles. The van der Waals surface area contributed by atoms with Gasteiger partial charge in [0.05, 0.1) is 16.1 Å². The molecule has 1 aromatic carbocycles. The highest BCUT2D eigenvalue weighted by Crippen LogP contribution is 2.32. The Morgan fingerprint density at radius 2 is 1.93 bits per heavy atom. The third-order valence-electron chi connectivity index (χ3n) is 5.49. The largest absolute Gasteiger partial charge is 0.345 e. The highest BCUT2D eigenvalue weighted by molar-refractivity contribution is 7.22. The number of thiazole rings is 1. The molecule has 2 saturated heterocycles. The van der Waals surface area contributed by atoms with Crippen molar-refractivity contribution in [1.82, 2.24) is 14.8 Å². The Kier molecular flexibility index (Phi) is 5.00. The van der Waals surface area contributed by atoms with Crippen LogP contribution in [0.25, 0.3) is 10.2 Å². The van der Waals surface area contributed by atoms with Crippen molar-refractivity contribution in [2.45, 2.75) is 32.7 Å². The van der Waals surface area contributed by atoms with E-state index in [1.807, 2.05) is 48.8 Å². The Balaban J connectivity index is 1.38. The lowest BCUT2D eigenvalue weighted by Gasteiger charge is -2.36. The van der Waals surface area contributed by atoms with Gasteiger partial charge in [0.1, 0.15) is 0 Å². The third-order valence-corrected chi connectivity index (χ3v) is 6.80. The topological polar surface area (TPSA) is 56.8 Å². The number of nitrogens with zero attached hydrogens (tertiary/aromatic N) is 4. The minimum atomic E-state index is -0.236. The first-order valence-electron chi connectivity index (χ1n) is 9.63. The monoisotopic (exact) mass is 420 g/mol. The minimum Gasteiger partial charge on any atom is -0.345 e. The number of anilines is 1. The number of amides is 2. The zero-order valence-corrected chi connectivity index (χ0v) is 18.0. The smallest absolute Gasteiger partial charge is 0.228 e. The van der Waals surface area contributed by atoms with Gasteiger partial charge in [-0.05, 0) is 39.0 Å². The van der Waals surface area contributed by atoms with Gasteiger partial charge in [0, 0.05) is 49.7 Å². The summed E-state index contributed by atoms with van der Waals surface area (Å²) in [4.78, 5) is 35.9. The summed E-state index contributed by atoms with van der Waals surface area (Å²) in [7, 11) is 0. The van der Waals surface area contributed by atoms with Crippen LogP contribution in [0.1, 0.15) is 27.2 Å². The average Bonchev–Trinajstić information content (AvgIpc) is 3.24. The van der Waals surface area contributed by atoms with Gasteiger partial charge in [-0.3, -0.25) is 9.59 Å². The van der Waals surface area contributed by atoms with Crippen LogP contribution in [0.4, 0.5) is 5.13 Å². The summed E-state index contributed by atoms with van der Waals surface area (Å²) in [5, 5.41) is 1.69. The zero-order valence-electron chi connectivity index (χ0n) is 16.4. The second-order valence-corrected chi connectivity index (χ2v) is 9.94. The molecule has 0 N–H and O–H groups in total. The van der Waals surface area contributed by atoms with Gasteiger partial charge in [0.15, 0.2) is 5.13 Å². The van der Waals surface area contributed by atoms with Gasteiger partial charge >= 0.3 is 0 Å². The number of hydrogen-bond acceptors (Lipinski definition) is 5. The van der Waals surface area contributed by atoms with Gasteiger partial charge < -0.3 is 14.7 Å². The normalized spacial score (nSPS) is 21.1. The van der Waals surface area contributed by atoms with Crippen molar-refractivity contribution >= 4 is 50.1 Å². The highest BCUT2D eigenvalue weighted by atomic mass is 35.5. The molecule has 2 fully saturated rings. The number of carbonyl (C=O) groups is 2. The number of rotatable bonds is 2. The molecule has 150 valence electrons. The van der Waals surface area contributed by atoms with Gasteiger partial charge in [-0.1, -0.05) is 22.9 Å². The quantitative estimate of drug-likeness (QED) is 0.748. The lowest BCUT2D eigenvalue weighted by molar-refractivity contribution is -0.136. The molecule has 2 amide bonds. The fourth-order valence-electron chi connectivity index (χ4n) is 3.92. The molecule has 6 nitrogen and oxygen atoms in total. The number of benzene rings is 1. The van der Waals surface area contributed by atoms with Crippen molar-refractivity contribution in [3.63, 3.8) is 0 Å². The molecule has 1 atom stereocenters. The number of likely N-dealkylation sites (tertiary alicyclic amines) is 1. The summed E-state index contributed by atoms with van der Waals surface area (Å²) >= 11 is 7.70. The number of hydrogen-bond donors (Lipinski definition) is 0. The lowest BCUT2D eigenvalue weighted by atomic mass is 10.1. The molecule has 2 aliphatic heterocycles. The molecule has 0 aliphatic carbocycles. The van der Waals surface area contributed by atoms with Crippen molar-refractivity contribution in [3.05, 3.63) is 23.2 Å². The Morgan fingerprint density at radius 3 is 2.57 bits per heavy atom. The van der Waals surface area contributed by atoms with Gasteiger partial charge in [-0.2, -0.15) is 0 Å². The van der Waals surface area contributed by atoms with Crippen molar-refractivity contribution in [3.8, 4) is 0 Å². The van der Waals surface area contributed by atoms with Crippen LogP contribution in [0.3, 0.4) is 0 Å². The van der Waals surface area contributed by atoms with E-state index in [9.17, 15) is 9.59 Å². The fourth-order valence-corrected chi connectivity index (χ4v) is 5.21. The summed E-state index contributed by atoms with van der Waals surface area (Å²) in [6.45, 7) is 9.41. The van der Waals surface area contributed by atoms with Crippen LogP contribution in [-0.2, 0) is 9.59 Å². The predicted molar refractivity (Wildman–Crippen MR) is 113 cm³/mol. The second-order valence-electron chi connectivity index (χ2n) is 8.50. The van der Waals surface area contributed by atoms with Crippen molar-refractivity contribution in [2.24, 2.45) is 5.92 Å². The van der Waals surface area contributed by atoms with E-state index in [0.717, 1.165) is 28.4 Å². The summed E-state index contributed by atoms with van der Waals surface area (Å²) in [6.07, 6.45) is 0.328. The maximum Gasteiger partial charge on any atom is 0.228 e. The van der Waals surface area contributed by atoms with Crippen LogP contribution in [-0.4, -0.2) is 64.9 Å². The van der Waals surface area contributed by atoms with Crippen molar-refractivity contribution < 1.29 is 9.59 Å². The summed E-state index contributed by atoms with van der Waals surface area (Å²) in [5.41, 5.74) is 0.718. The van der Waals surface area contributed by atoms with Gasteiger partial charge in [0.2, 0.25) is 11.8 Å². The third kappa shape index (κ3) is 3.70. The molecule has 2 aromatic rings. The van der Waals surface area contributed by atoms with Crippen LogP contribution >= 0.6 is 22.9 Å². The highest BCUT2D eigenvalue weighted by Gasteiger charge is 2.41.